The monoisotopic (exact) mass is 347 g/mol. The number of benzene rings is 1. The summed E-state index contributed by atoms with van der Waals surface area (Å²) in [5.74, 6) is 0.252. The Balaban J connectivity index is 1.35. The molecule has 1 aliphatic heterocycles. The molecule has 1 fully saturated rings. The molecule has 4 nitrogen and oxygen atoms in total. The molecule has 0 bridgehead atoms. The molecule has 0 radical (unpaired) electrons. The van der Waals surface area contributed by atoms with Gasteiger partial charge in [-0.2, -0.15) is 0 Å². The van der Waals surface area contributed by atoms with Crippen molar-refractivity contribution in [3.05, 3.63) is 52.5 Å². The molecule has 2 aromatic rings. The Morgan fingerprint density at radius 1 is 1.21 bits per heavy atom. The van der Waals surface area contributed by atoms with Crippen LogP contribution in [0.1, 0.15) is 23.6 Å². The van der Waals surface area contributed by atoms with Crippen molar-refractivity contribution in [2.24, 2.45) is 0 Å². The van der Waals surface area contributed by atoms with E-state index in [1.807, 2.05) is 11.3 Å². The zero-order valence-electron chi connectivity index (χ0n) is 13.5. The van der Waals surface area contributed by atoms with Gasteiger partial charge in [-0.05, 0) is 55.4 Å². The van der Waals surface area contributed by atoms with Gasteiger partial charge in [0.1, 0.15) is 5.82 Å². The van der Waals surface area contributed by atoms with Crippen LogP contribution in [0.5, 0.6) is 0 Å². The number of amides is 2. The number of carbonyl (C=O) groups excluding carboxylic acids is 1. The Labute approximate surface area is 145 Å². The number of anilines is 1. The summed E-state index contributed by atoms with van der Waals surface area (Å²) in [7, 11) is 0. The van der Waals surface area contributed by atoms with Gasteiger partial charge in [-0.15, -0.1) is 11.3 Å². The number of para-hydroxylation sites is 1. The maximum absolute atomic E-state index is 13.5. The van der Waals surface area contributed by atoms with Gasteiger partial charge >= 0.3 is 6.03 Å². The van der Waals surface area contributed by atoms with Gasteiger partial charge in [-0.25, -0.2) is 9.18 Å². The molecule has 6 heteroatoms. The Kier molecular flexibility index (Phi) is 5.82. The maximum atomic E-state index is 13.5. The predicted octanol–water partition coefficient (Wildman–Crippen LogP) is 3.89. The summed E-state index contributed by atoms with van der Waals surface area (Å²) in [5, 5.41) is 7.46. The Bertz CT molecular complexity index is 654. The normalized spacial score (nSPS) is 16.0. The van der Waals surface area contributed by atoms with E-state index < -0.39 is 5.82 Å². The van der Waals surface area contributed by atoms with Crippen molar-refractivity contribution >= 4 is 23.1 Å². The second-order valence-electron chi connectivity index (χ2n) is 5.99. The third kappa shape index (κ3) is 4.55. The van der Waals surface area contributed by atoms with E-state index in [1.54, 1.807) is 18.2 Å². The molecule has 2 heterocycles. The number of nitrogens with zero attached hydrogens (tertiary/aromatic N) is 1. The largest absolute Gasteiger partial charge is 0.337 e. The molecule has 0 saturated carbocycles. The van der Waals surface area contributed by atoms with E-state index in [4.69, 9.17) is 0 Å². The minimum atomic E-state index is -0.428. The van der Waals surface area contributed by atoms with E-state index in [0.29, 0.717) is 12.5 Å². The lowest BCUT2D eigenvalue weighted by molar-refractivity contribution is 0.212. The predicted molar refractivity (Wildman–Crippen MR) is 96.2 cm³/mol. The van der Waals surface area contributed by atoms with Crippen LogP contribution in [0.2, 0.25) is 0 Å². The van der Waals surface area contributed by atoms with Crippen molar-refractivity contribution < 1.29 is 9.18 Å². The summed E-state index contributed by atoms with van der Waals surface area (Å²) >= 11 is 1.84. The first-order valence-electron chi connectivity index (χ1n) is 8.27. The summed E-state index contributed by atoms with van der Waals surface area (Å²) in [4.78, 5) is 15.7. The number of hydrogen-bond donors (Lipinski definition) is 2. The van der Waals surface area contributed by atoms with E-state index in [9.17, 15) is 9.18 Å². The van der Waals surface area contributed by atoms with Crippen LogP contribution in [-0.2, 0) is 0 Å². The number of nitrogens with one attached hydrogen (secondary N) is 2. The van der Waals surface area contributed by atoms with Crippen LogP contribution in [0.4, 0.5) is 14.9 Å². The number of hydrogen-bond acceptors (Lipinski definition) is 3. The molecule has 0 aliphatic carbocycles. The lowest BCUT2D eigenvalue weighted by Crippen LogP contribution is -2.40. The summed E-state index contributed by atoms with van der Waals surface area (Å²) in [6.45, 7) is 3.49. The Morgan fingerprint density at radius 2 is 2.00 bits per heavy atom. The van der Waals surface area contributed by atoms with Gasteiger partial charge in [0, 0.05) is 18.0 Å². The molecule has 24 heavy (non-hydrogen) atoms. The quantitative estimate of drug-likeness (QED) is 0.862. The molecule has 2 N–H and O–H groups in total. The van der Waals surface area contributed by atoms with Crippen molar-refractivity contribution in [1.29, 1.82) is 0 Å². The molecular formula is C18H22FN3OS. The average Bonchev–Trinajstić information content (AvgIpc) is 3.12. The molecular weight excluding hydrogens is 325 g/mol. The topological polar surface area (TPSA) is 44.4 Å². The zero-order valence-corrected chi connectivity index (χ0v) is 14.3. The van der Waals surface area contributed by atoms with Crippen LogP contribution < -0.4 is 10.6 Å². The highest BCUT2D eigenvalue weighted by molar-refractivity contribution is 7.10. The number of rotatable bonds is 5. The molecule has 1 aliphatic rings. The Morgan fingerprint density at radius 3 is 2.71 bits per heavy atom. The maximum Gasteiger partial charge on any atom is 0.319 e. The van der Waals surface area contributed by atoms with Gasteiger partial charge in [-0.3, -0.25) is 0 Å². The zero-order chi connectivity index (χ0) is 16.8. The second kappa shape index (κ2) is 8.26. The number of urea groups is 1. The third-order valence-electron chi connectivity index (χ3n) is 4.37. The van der Waals surface area contributed by atoms with Gasteiger partial charge < -0.3 is 15.5 Å². The van der Waals surface area contributed by atoms with Crippen LogP contribution in [0.3, 0.4) is 0 Å². The third-order valence-corrected chi connectivity index (χ3v) is 5.40. The fourth-order valence-corrected chi connectivity index (χ4v) is 3.92. The minimum absolute atomic E-state index is 0.201. The standard InChI is InChI=1S/C18H22FN3OS/c19-15-4-1-2-5-16(15)21-18(23)20-9-12-22-10-7-14(8-11-22)17-6-3-13-24-17/h1-6,13-14H,7-12H2,(H2,20,21,23). The summed E-state index contributed by atoms with van der Waals surface area (Å²) < 4.78 is 13.5. The average molecular weight is 347 g/mol. The van der Waals surface area contributed by atoms with Crippen LogP contribution >= 0.6 is 11.3 Å². The van der Waals surface area contributed by atoms with E-state index >= 15 is 0 Å². The van der Waals surface area contributed by atoms with Crippen LogP contribution in [0, 0.1) is 5.82 Å². The molecule has 1 aromatic carbocycles. The summed E-state index contributed by atoms with van der Waals surface area (Å²) in [6.07, 6.45) is 2.34. The van der Waals surface area contributed by atoms with Crippen molar-refractivity contribution in [3.8, 4) is 0 Å². The number of halogens is 1. The molecule has 0 spiro atoms. The molecule has 1 aromatic heterocycles. The molecule has 3 rings (SSSR count). The number of likely N-dealkylation sites (tertiary alicyclic amines) is 1. The molecule has 0 atom stereocenters. The van der Waals surface area contributed by atoms with E-state index in [2.05, 4.69) is 33.0 Å². The van der Waals surface area contributed by atoms with Crippen molar-refractivity contribution in [2.45, 2.75) is 18.8 Å². The van der Waals surface area contributed by atoms with Gasteiger partial charge in [0.05, 0.1) is 5.69 Å². The fourth-order valence-electron chi connectivity index (χ4n) is 3.02. The highest BCUT2D eigenvalue weighted by atomic mass is 32.1. The van der Waals surface area contributed by atoms with E-state index in [1.165, 1.54) is 23.8 Å². The highest BCUT2D eigenvalue weighted by Gasteiger charge is 2.20. The first kappa shape index (κ1) is 16.9. The van der Waals surface area contributed by atoms with Crippen molar-refractivity contribution in [2.75, 3.05) is 31.5 Å². The van der Waals surface area contributed by atoms with Gasteiger partial charge in [0.25, 0.3) is 0 Å². The van der Waals surface area contributed by atoms with Crippen LogP contribution in [-0.4, -0.2) is 37.1 Å². The molecule has 128 valence electrons. The molecule has 1 saturated heterocycles. The van der Waals surface area contributed by atoms with E-state index in [0.717, 1.165) is 19.6 Å². The molecule has 2 amide bonds. The molecule has 0 unspecified atom stereocenters. The lowest BCUT2D eigenvalue weighted by atomic mass is 9.95. The first-order valence-corrected chi connectivity index (χ1v) is 9.15. The highest BCUT2D eigenvalue weighted by Crippen LogP contribution is 2.30. The number of carbonyl (C=O) groups is 1. The van der Waals surface area contributed by atoms with Gasteiger partial charge in [0.2, 0.25) is 0 Å². The van der Waals surface area contributed by atoms with Crippen molar-refractivity contribution in [3.63, 3.8) is 0 Å². The van der Waals surface area contributed by atoms with Crippen molar-refractivity contribution in [1.82, 2.24) is 10.2 Å². The fraction of sp³-hybridized carbons (Fsp3) is 0.389. The van der Waals surface area contributed by atoms with Crippen LogP contribution in [0.25, 0.3) is 0 Å². The number of thiophene rings is 1. The second-order valence-corrected chi connectivity index (χ2v) is 6.97. The lowest BCUT2D eigenvalue weighted by Gasteiger charge is -2.31. The van der Waals surface area contributed by atoms with Gasteiger partial charge in [0.15, 0.2) is 0 Å². The number of piperidine rings is 1. The van der Waals surface area contributed by atoms with E-state index in [-0.39, 0.29) is 11.7 Å². The van der Waals surface area contributed by atoms with Crippen LogP contribution in [0.15, 0.2) is 41.8 Å². The summed E-state index contributed by atoms with van der Waals surface area (Å²) in [6, 6.07) is 10.1. The summed E-state index contributed by atoms with van der Waals surface area (Å²) in [5.41, 5.74) is 0.201. The smallest absolute Gasteiger partial charge is 0.319 e. The first-order chi connectivity index (χ1) is 11.7. The van der Waals surface area contributed by atoms with Gasteiger partial charge in [-0.1, -0.05) is 18.2 Å². The Hall–Kier alpha value is -1.92. The SMILES string of the molecule is O=C(NCCN1CCC(c2cccs2)CC1)Nc1ccccc1F. The minimum Gasteiger partial charge on any atom is -0.337 e.